The number of amides is 1. The van der Waals surface area contributed by atoms with Crippen LogP contribution >= 0.6 is 0 Å². The van der Waals surface area contributed by atoms with Gasteiger partial charge in [0.1, 0.15) is 5.56 Å². The summed E-state index contributed by atoms with van der Waals surface area (Å²) in [4.78, 5) is 23.9. The van der Waals surface area contributed by atoms with Crippen LogP contribution in [0, 0.1) is 0 Å². The van der Waals surface area contributed by atoms with Gasteiger partial charge >= 0.3 is 0 Å². The molecule has 19 heavy (non-hydrogen) atoms. The summed E-state index contributed by atoms with van der Waals surface area (Å²) in [7, 11) is 1.86. The number of aryl methyl sites for hydroxylation is 1. The molecule has 0 unspecified atom stereocenters. The van der Waals surface area contributed by atoms with Crippen molar-refractivity contribution in [1.82, 2.24) is 20.8 Å². The zero-order valence-corrected chi connectivity index (χ0v) is 11.8. The van der Waals surface area contributed by atoms with Gasteiger partial charge in [-0.15, -0.1) is 0 Å². The van der Waals surface area contributed by atoms with Crippen LogP contribution in [-0.4, -0.2) is 36.2 Å². The summed E-state index contributed by atoms with van der Waals surface area (Å²) in [5.41, 5.74) is 1.32. The van der Waals surface area contributed by atoms with Crippen molar-refractivity contribution in [3.63, 3.8) is 0 Å². The van der Waals surface area contributed by atoms with Gasteiger partial charge in [0, 0.05) is 6.54 Å². The van der Waals surface area contributed by atoms with Crippen LogP contribution in [0.4, 0.5) is 0 Å². The maximum absolute atomic E-state index is 12.1. The Balaban J connectivity index is 2.92. The lowest BCUT2D eigenvalue weighted by Gasteiger charge is -2.10. The molecule has 0 aromatic carbocycles. The zero-order chi connectivity index (χ0) is 14.3. The molecular formula is C13H22N4O2. The van der Waals surface area contributed by atoms with Gasteiger partial charge < -0.3 is 10.6 Å². The smallest absolute Gasteiger partial charge is 0.277 e. The van der Waals surface area contributed by atoms with E-state index in [1.807, 2.05) is 20.9 Å². The maximum atomic E-state index is 12.1. The van der Waals surface area contributed by atoms with Gasteiger partial charge in [0.2, 0.25) is 0 Å². The fourth-order valence-corrected chi connectivity index (χ4v) is 1.99. The molecule has 1 aromatic rings. The number of nitrogens with one attached hydrogen (secondary N) is 3. The molecule has 0 fully saturated rings. The molecule has 0 aliphatic carbocycles. The van der Waals surface area contributed by atoms with Crippen molar-refractivity contribution in [3.05, 3.63) is 27.2 Å². The van der Waals surface area contributed by atoms with Crippen LogP contribution in [0.1, 0.15) is 41.9 Å². The lowest BCUT2D eigenvalue weighted by molar-refractivity contribution is 0.0950. The van der Waals surface area contributed by atoms with Crippen LogP contribution in [0.15, 0.2) is 4.79 Å². The van der Waals surface area contributed by atoms with E-state index in [4.69, 9.17) is 0 Å². The normalized spacial score (nSPS) is 10.5. The first kappa shape index (κ1) is 15.4. The minimum Gasteiger partial charge on any atom is -0.352 e. The Hall–Kier alpha value is -1.69. The average molecular weight is 266 g/mol. The highest BCUT2D eigenvalue weighted by atomic mass is 16.2. The third-order valence-electron chi connectivity index (χ3n) is 2.97. The van der Waals surface area contributed by atoms with Crippen molar-refractivity contribution in [2.24, 2.45) is 0 Å². The highest BCUT2D eigenvalue weighted by Gasteiger charge is 2.18. The molecule has 106 valence electrons. The summed E-state index contributed by atoms with van der Waals surface area (Å²) in [5, 5.41) is 12.2. The molecule has 0 aliphatic heterocycles. The number of carbonyl (C=O) groups excluding carboxylic acids is 1. The predicted octanol–water partition coefficient (Wildman–Crippen LogP) is 0.234. The van der Waals surface area contributed by atoms with Crippen LogP contribution in [0.25, 0.3) is 0 Å². The summed E-state index contributed by atoms with van der Waals surface area (Å²) in [6.07, 6.45) is 2.15. The van der Waals surface area contributed by atoms with E-state index in [-0.39, 0.29) is 11.5 Å². The second-order valence-electron chi connectivity index (χ2n) is 4.27. The minimum atomic E-state index is -0.417. The molecule has 0 saturated heterocycles. The lowest BCUT2D eigenvalue weighted by atomic mass is 10.0. The van der Waals surface area contributed by atoms with E-state index in [9.17, 15) is 9.59 Å². The highest BCUT2D eigenvalue weighted by Crippen LogP contribution is 2.09. The molecule has 1 aromatic heterocycles. The van der Waals surface area contributed by atoms with Gasteiger partial charge in [-0.2, -0.15) is 5.10 Å². The third-order valence-corrected chi connectivity index (χ3v) is 2.97. The van der Waals surface area contributed by atoms with E-state index in [1.165, 1.54) is 0 Å². The first-order valence-electron chi connectivity index (χ1n) is 6.68. The molecule has 6 heteroatoms. The van der Waals surface area contributed by atoms with Gasteiger partial charge in [0.25, 0.3) is 11.5 Å². The number of aromatic amines is 1. The molecule has 0 spiro atoms. The molecule has 0 atom stereocenters. The van der Waals surface area contributed by atoms with Crippen LogP contribution in [0.2, 0.25) is 0 Å². The molecule has 3 N–H and O–H groups in total. The highest BCUT2D eigenvalue weighted by molar-refractivity contribution is 5.95. The van der Waals surface area contributed by atoms with Crippen molar-refractivity contribution < 1.29 is 4.79 Å². The van der Waals surface area contributed by atoms with Crippen molar-refractivity contribution in [1.29, 1.82) is 0 Å². The molecule has 0 saturated carbocycles. The number of rotatable bonds is 7. The fourth-order valence-electron chi connectivity index (χ4n) is 1.99. The van der Waals surface area contributed by atoms with Gasteiger partial charge in [-0.05, 0) is 38.4 Å². The van der Waals surface area contributed by atoms with Gasteiger partial charge in [-0.1, -0.05) is 13.8 Å². The SMILES string of the molecule is CCc1n[nH]c(=O)c(C(=O)NCCCNC)c1CC. The number of hydrogen-bond donors (Lipinski definition) is 3. The van der Waals surface area contributed by atoms with Crippen molar-refractivity contribution in [2.45, 2.75) is 33.1 Å². The molecule has 0 bridgehead atoms. The number of carbonyl (C=O) groups is 1. The van der Waals surface area contributed by atoms with Crippen LogP contribution in [-0.2, 0) is 12.8 Å². The summed E-state index contributed by atoms with van der Waals surface area (Å²) < 4.78 is 0. The van der Waals surface area contributed by atoms with Crippen LogP contribution in [0.5, 0.6) is 0 Å². The van der Waals surface area contributed by atoms with Crippen LogP contribution < -0.4 is 16.2 Å². The first-order chi connectivity index (χ1) is 9.15. The van der Waals surface area contributed by atoms with E-state index in [2.05, 4.69) is 20.8 Å². The molecule has 1 amide bonds. The number of aromatic nitrogens is 2. The Bertz CT molecular complexity index is 482. The average Bonchev–Trinajstić information content (AvgIpc) is 2.42. The van der Waals surface area contributed by atoms with Crippen molar-refractivity contribution >= 4 is 5.91 Å². The minimum absolute atomic E-state index is 0.207. The third kappa shape index (κ3) is 3.89. The van der Waals surface area contributed by atoms with E-state index < -0.39 is 5.56 Å². The van der Waals surface area contributed by atoms with Crippen molar-refractivity contribution in [2.75, 3.05) is 20.1 Å². The van der Waals surface area contributed by atoms with E-state index in [0.717, 1.165) is 24.2 Å². The molecule has 0 radical (unpaired) electrons. The van der Waals surface area contributed by atoms with Gasteiger partial charge in [-0.3, -0.25) is 9.59 Å². The molecule has 1 heterocycles. The van der Waals surface area contributed by atoms with E-state index in [0.29, 0.717) is 19.4 Å². The fraction of sp³-hybridized carbons (Fsp3) is 0.615. The standard InChI is InChI=1S/C13H22N4O2/c1-4-9-10(5-2)16-17-13(19)11(9)12(18)15-8-6-7-14-3/h14H,4-8H2,1-3H3,(H,15,18)(H,17,19). The Morgan fingerprint density at radius 1 is 1.26 bits per heavy atom. The Morgan fingerprint density at radius 3 is 2.58 bits per heavy atom. The second kappa shape index (κ2) is 7.68. The second-order valence-corrected chi connectivity index (χ2v) is 4.27. The Labute approximate surface area is 113 Å². The van der Waals surface area contributed by atoms with Crippen molar-refractivity contribution in [3.8, 4) is 0 Å². The Kier molecular flexibility index (Phi) is 6.21. The van der Waals surface area contributed by atoms with Gasteiger partial charge in [0.05, 0.1) is 5.69 Å². The maximum Gasteiger partial charge on any atom is 0.277 e. The molecule has 0 aliphatic rings. The monoisotopic (exact) mass is 266 g/mol. The van der Waals surface area contributed by atoms with Gasteiger partial charge in [-0.25, -0.2) is 5.10 Å². The summed E-state index contributed by atoms with van der Waals surface area (Å²) in [6.45, 7) is 5.25. The summed E-state index contributed by atoms with van der Waals surface area (Å²) in [6, 6.07) is 0. The largest absolute Gasteiger partial charge is 0.352 e. The number of hydrogen-bond acceptors (Lipinski definition) is 4. The predicted molar refractivity (Wildman–Crippen MR) is 74.5 cm³/mol. The zero-order valence-electron chi connectivity index (χ0n) is 11.8. The molecule has 6 nitrogen and oxygen atoms in total. The summed E-state index contributed by atoms with van der Waals surface area (Å²) in [5.74, 6) is -0.314. The topological polar surface area (TPSA) is 86.9 Å². The number of nitrogens with zero attached hydrogens (tertiary/aromatic N) is 1. The van der Waals surface area contributed by atoms with Crippen LogP contribution in [0.3, 0.4) is 0 Å². The molecular weight excluding hydrogens is 244 g/mol. The Morgan fingerprint density at radius 2 is 2.00 bits per heavy atom. The van der Waals surface area contributed by atoms with E-state index in [1.54, 1.807) is 0 Å². The quantitative estimate of drug-likeness (QED) is 0.617. The molecule has 1 rings (SSSR count). The first-order valence-corrected chi connectivity index (χ1v) is 6.68. The summed E-state index contributed by atoms with van der Waals surface area (Å²) >= 11 is 0. The van der Waals surface area contributed by atoms with E-state index >= 15 is 0 Å². The number of H-pyrrole nitrogens is 1. The van der Waals surface area contributed by atoms with Gasteiger partial charge in [0.15, 0.2) is 0 Å². The lowest BCUT2D eigenvalue weighted by Crippen LogP contribution is -2.33.